The quantitative estimate of drug-likeness (QED) is 0.529. The molecular formula is C12H8BrCl3N2O2. The standard InChI is InChI=1S/C12H8BrCl3N2O2/c1-19-5-11-17-10(16)4-12(18-11)20-9-3-7(14)6(13)2-8(9)15/h2-4H,5H2,1H3. The molecule has 2 aromatic rings. The van der Waals surface area contributed by atoms with E-state index in [1.807, 2.05) is 0 Å². The Bertz CT molecular complexity index is 640. The van der Waals surface area contributed by atoms with Crippen LogP contribution in [0.5, 0.6) is 11.6 Å². The highest BCUT2D eigenvalue weighted by molar-refractivity contribution is 9.10. The molecule has 20 heavy (non-hydrogen) atoms. The van der Waals surface area contributed by atoms with Crippen molar-refractivity contribution in [2.24, 2.45) is 0 Å². The molecule has 8 heteroatoms. The van der Waals surface area contributed by atoms with E-state index in [1.165, 1.54) is 13.2 Å². The van der Waals surface area contributed by atoms with Crippen LogP contribution in [0.3, 0.4) is 0 Å². The van der Waals surface area contributed by atoms with Gasteiger partial charge in [-0.1, -0.05) is 34.8 Å². The number of ether oxygens (including phenoxy) is 2. The van der Waals surface area contributed by atoms with Gasteiger partial charge in [0.25, 0.3) is 0 Å². The summed E-state index contributed by atoms with van der Waals surface area (Å²) >= 11 is 21.2. The molecule has 0 N–H and O–H groups in total. The fourth-order valence-corrected chi connectivity index (χ4v) is 2.41. The molecule has 0 aliphatic heterocycles. The summed E-state index contributed by atoms with van der Waals surface area (Å²) < 4.78 is 11.2. The third-order valence-electron chi connectivity index (χ3n) is 2.18. The van der Waals surface area contributed by atoms with Crippen molar-refractivity contribution in [2.45, 2.75) is 6.61 Å². The van der Waals surface area contributed by atoms with E-state index in [2.05, 4.69) is 25.9 Å². The highest BCUT2D eigenvalue weighted by Gasteiger charge is 2.10. The maximum atomic E-state index is 6.08. The van der Waals surface area contributed by atoms with Crippen LogP contribution in [-0.4, -0.2) is 17.1 Å². The third kappa shape index (κ3) is 3.96. The zero-order chi connectivity index (χ0) is 14.7. The number of hydrogen-bond acceptors (Lipinski definition) is 4. The predicted octanol–water partition coefficient (Wildman–Crippen LogP) is 5.14. The van der Waals surface area contributed by atoms with Crippen molar-refractivity contribution < 1.29 is 9.47 Å². The molecule has 1 heterocycles. The number of aromatic nitrogens is 2. The van der Waals surface area contributed by atoms with Crippen molar-refractivity contribution in [2.75, 3.05) is 7.11 Å². The predicted molar refractivity (Wildman–Crippen MR) is 82.0 cm³/mol. The lowest BCUT2D eigenvalue weighted by Crippen LogP contribution is -1.99. The Morgan fingerprint density at radius 2 is 1.85 bits per heavy atom. The van der Waals surface area contributed by atoms with Gasteiger partial charge in [-0.05, 0) is 22.0 Å². The Morgan fingerprint density at radius 1 is 1.10 bits per heavy atom. The Balaban J connectivity index is 2.32. The summed E-state index contributed by atoms with van der Waals surface area (Å²) in [6, 6.07) is 4.70. The fourth-order valence-electron chi connectivity index (χ4n) is 1.38. The second-order valence-electron chi connectivity index (χ2n) is 3.68. The van der Waals surface area contributed by atoms with Gasteiger partial charge in [-0.2, -0.15) is 4.98 Å². The van der Waals surface area contributed by atoms with E-state index in [9.17, 15) is 0 Å². The zero-order valence-electron chi connectivity index (χ0n) is 10.2. The van der Waals surface area contributed by atoms with E-state index >= 15 is 0 Å². The van der Waals surface area contributed by atoms with Crippen LogP contribution >= 0.6 is 50.7 Å². The first-order valence-corrected chi connectivity index (χ1v) is 7.27. The van der Waals surface area contributed by atoms with Gasteiger partial charge in [0.2, 0.25) is 5.88 Å². The largest absolute Gasteiger partial charge is 0.437 e. The number of benzene rings is 1. The third-order valence-corrected chi connectivity index (χ3v) is 3.87. The number of halogens is 4. The zero-order valence-corrected chi connectivity index (χ0v) is 14.0. The van der Waals surface area contributed by atoms with Crippen LogP contribution in [0.2, 0.25) is 15.2 Å². The molecule has 2 rings (SSSR count). The topological polar surface area (TPSA) is 44.2 Å². The molecule has 4 nitrogen and oxygen atoms in total. The summed E-state index contributed by atoms with van der Waals surface area (Å²) in [7, 11) is 1.54. The summed E-state index contributed by atoms with van der Waals surface area (Å²) in [6.45, 7) is 0.228. The second-order valence-corrected chi connectivity index (χ2v) is 5.73. The second kappa shape index (κ2) is 6.91. The maximum Gasteiger partial charge on any atom is 0.224 e. The van der Waals surface area contributed by atoms with Crippen molar-refractivity contribution in [3.05, 3.63) is 43.7 Å². The van der Waals surface area contributed by atoms with Crippen LogP contribution in [0.1, 0.15) is 5.82 Å². The highest BCUT2D eigenvalue weighted by Crippen LogP contribution is 2.36. The Hall–Kier alpha value is -0.590. The molecule has 0 bridgehead atoms. The van der Waals surface area contributed by atoms with E-state index in [-0.39, 0.29) is 17.6 Å². The van der Waals surface area contributed by atoms with Gasteiger partial charge in [0.1, 0.15) is 17.5 Å². The van der Waals surface area contributed by atoms with Crippen LogP contribution in [0.25, 0.3) is 0 Å². The number of hydrogen-bond donors (Lipinski definition) is 0. The first kappa shape index (κ1) is 15.8. The molecule has 0 radical (unpaired) electrons. The molecule has 0 atom stereocenters. The number of rotatable bonds is 4. The van der Waals surface area contributed by atoms with Gasteiger partial charge in [0, 0.05) is 23.7 Å². The van der Waals surface area contributed by atoms with E-state index < -0.39 is 0 Å². The van der Waals surface area contributed by atoms with Crippen molar-refractivity contribution in [3.8, 4) is 11.6 Å². The average Bonchev–Trinajstić information content (AvgIpc) is 2.35. The van der Waals surface area contributed by atoms with Crippen molar-refractivity contribution in [3.63, 3.8) is 0 Å². The summed E-state index contributed by atoms with van der Waals surface area (Å²) in [4.78, 5) is 8.16. The first-order chi connectivity index (χ1) is 9.49. The lowest BCUT2D eigenvalue weighted by Gasteiger charge is -2.09. The summed E-state index contributed by atoms with van der Waals surface area (Å²) in [6.07, 6.45) is 0. The van der Waals surface area contributed by atoms with Crippen molar-refractivity contribution in [1.82, 2.24) is 9.97 Å². The van der Waals surface area contributed by atoms with Crippen molar-refractivity contribution >= 4 is 50.7 Å². The smallest absolute Gasteiger partial charge is 0.224 e. The van der Waals surface area contributed by atoms with Crippen LogP contribution in [0.4, 0.5) is 0 Å². The molecule has 0 aliphatic rings. The van der Waals surface area contributed by atoms with E-state index in [0.717, 1.165) is 0 Å². The normalized spacial score (nSPS) is 10.7. The molecule has 0 spiro atoms. The molecule has 0 aliphatic carbocycles. The first-order valence-electron chi connectivity index (χ1n) is 5.34. The minimum atomic E-state index is 0.228. The monoisotopic (exact) mass is 396 g/mol. The van der Waals surface area contributed by atoms with Crippen LogP contribution in [0, 0.1) is 0 Å². The Morgan fingerprint density at radius 3 is 2.55 bits per heavy atom. The van der Waals surface area contributed by atoms with Gasteiger partial charge in [-0.3, -0.25) is 0 Å². The number of methoxy groups -OCH3 is 1. The van der Waals surface area contributed by atoms with E-state index in [4.69, 9.17) is 44.3 Å². The van der Waals surface area contributed by atoms with Crippen LogP contribution in [0.15, 0.2) is 22.7 Å². The molecule has 106 valence electrons. The average molecular weight is 398 g/mol. The molecule has 0 saturated heterocycles. The molecule has 1 aromatic heterocycles. The van der Waals surface area contributed by atoms with Crippen LogP contribution < -0.4 is 4.74 Å². The van der Waals surface area contributed by atoms with E-state index in [1.54, 1.807) is 12.1 Å². The van der Waals surface area contributed by atoms with Gasteiger partial charge in [0.15, 0.2) is 5.82 Å². The fraction of sp³-hybridized carbons (Fsp3) is 0.167. The Kier molecular flexibility index (Phi) is 5.46. The maximum absolute atomic E-state index is 6.08. The SMILES string of the molecule is COCc1nc(Cl)cc(Oc2cc(Cl)c(Br)cc2Cl)n1. The molecular weight excluding hydrogens is 390 g/mol. The van der Waals surface area contributed by atoms with Crippen LogP contribution in [-0.2, 0) is 11.3 Å². The molecule has 0 fully saturated rings. The molecule has 0 saturated carbocycles. The lowest BCUT2D eigenvalue weighted by molar-refractivity contribution is 0.177. The Labute approximate surface area is 139 Å². The summed E-state index contributed by atoms with van der Waals surface area (Å²) in [5.74, 6) is 1.05. The minimum absolute atomic E-state index is 0.228. The minimum Gasteiger partial charge on any atom is -0.437 e. The van der Waals surface area contributed by atoms with Gasteiger partial charge in [0.05, 0.1) is 10.0 Å². The molecule has 0 unspecified atom stereocenters. The van der Waals surface area contributed by atoms with Gasteiger partial charge in [-0.15, -0.1) is 0 Å². The molecule has 1 aromatic carbocycles. The van der Waals surface area contributed by atoms with Gasteiger partial charge >= 0.3 is 0 Å². The van der Waals surface area contributed by atoms with E-state index in [0.29, 0.717) is 26.1 Å². The molecule has 0 amide bonds. The van der Waals surface area contributed by atoms with Gasteiger partial charge < -0.3 is 9.47 Å². The highest BCUT2D eigenvalue weighted by atomic mass is 79.9. The lowest BCUT2D eigenvalue weighted by atomic mass is 10.3. The summed E-state index contributed by atoms with van der Waals surface area (Å²) in [5.41, 5.74) is 0. The summed E-state index contributed by atoms with van der Waals surface area (Å²) in [5, 5.41) is 1.12. The van der Waals surface area contributed by atoms with Gasteiger partial charge in [-0.25, -0.2) is 4.98 Å². The number of nitrogens with zero attached hydrogens (tertiary/aromatic N) is 2. The van der Waals surface area contributed by atoms with Crippen molar-refractivity contribution in [1.29, 1.82) is 0 Å².